The van der Waals surface area contributed by atoms with Gasteiger partial charge in [0.1, 0.15) is 4.34 Å². The Morgan fingerprint density at radius 3 is 2.43 bits per heavy atom. The van der Waals surface area contributed by atoms with E-state index in [1.54, 1.807) is 0 Å². The van der Waals surface area contributed by atoms with Crippen molar-refractivity contribution < 1.29 is 14.7 Å². The van der Waals surface area contributed by atoms with E-state index in [4.69, 9.17) is 34.0 Å². The molecule has 0 bridgehead atoms. The molecular formula is C13H10Cl2N2O3S. The van der Waals surface area contributed by atoms with Crippen LogP contribution in [-0.4, -0.2) is 24.0 Å². The van der Waals surface area contributed by atoms with Crippen LogP contribution < -0.4 is 10.6 Å². The second-order valence-electron chi connectivity index (χ2n) is 4.18. The first kappa shape index (κ1) is 15.6. The fourth-order valence-electron chi connectivity index (χ4n) is 1.77. The second kappa shape index (κ2) is 5.93. The quantitative estimate of drug-likeness (QED) is 0.833. The summed E-state index contributed by atoms with van der Waals surface area (Å²) in [6, 6.07) is 5.62. The summed E-state index contributed by atoms with van der Waals surface area (Å²) in [5, 5.41) is 8.90. The van der Waals surface area contributed by atoms with Crippen molar-refractivity contribution >= 4 is 57.8 Å². The molecule has 0 saturated carbocycles. The number of rotatable bonds is 3. The first-order chi connectivity index (χ1) is 9.81. The number of nitrogen functional groups attached to an aromatic ring is 1. The summed E-state index contributed by atoms with van der Waals surface area (Å²) in [6.45, 7) is 0. The van der Waals surface area contributed by atoms with Crippen LogP contribution in [0.5, 0.6) is 0 Å². The van der Waals surface area contributed by atoms with Gasteiger partial charge in [0, 0.05) is 7.05 Å². The average Bonchev–Trinajstić information content (AvgIpc) is 2.75. The zero-order valence-electron chi connectivity index (χ0n) is 10.8. The lowest BCUT2D eigenvalue weighted by Gasteiger charge is -2.19. The number of hydrogen-bond donors (Lipinski definition) is 2. The van der Waals surface area contributed by atoms with Gasteiger partial charge in [0.05, 0.1) is 26.8 Å². The lowest BCUT2D eigenvalue weighted by atomic mass is 10.1. The first-order valence-corrected chi connectivity index (χ1v) is 7.24. The number of halogens is 2. The molecule has 0 aliphatic carbocycles. The Morgan fingerprint density at radius 2 is 1.95 bits per heavy atom. The van der Waals surface area contributed by atoms with Crippen LogP contribution in [-0.2, 0) is 0 Å². The van der Waals surface area contributed by atoms with Crippen molar-refractivity contribution in [2.45, 2.75) is 0 Å². The molecule has 0 saturated heterocycles. The van der Waals surface area contributed by atoms with E-state index in [2.05, 4.69) is 0 Å². The number of amides is 1. The molecule has 1 heterocycles. The number of carbonyl (C=O) groups excluding carboxylic acids is 1. The minimum Gasteiger partial charge on any atom is -0.478 e. The minimum absolute atomic E-state index is 0.0497. The number of thiophene rings is 1. The lowest BCUT2D eigenvalue weighted by molar-refractivity contribution is 0.0697. The molecule has 3 N–H and O–H groups in total. The van der Waals surface area contributed by atoms with Crippen LogP contribution in [0.15, 0.2) is 24.3 Å². The summed E-state index contributed by atoms with van der Waals surface area (Å²) in [5.41, 5.74) is 6.70. The molecule has 8 heteroatoms. The average molecular weight is 345 g/mol. The summed E-state index contributed by atoms with van der Waals surface area (Å²) in [7, 11) is 1.52. The van der Waals surface area contributed by atoms with Gasteiger partial charge >= 0.3 is 5.97 Å². The number of benzene rings is 1. The van der Waals surface area contributed by atoms with E-state index >= 15 is 0 Å². The maximum Gasteiger partial charge on any atom is 0.335 e. The third-order valence-electron chi connectivity index (χ3n) is 2.83. The maximum atomic E-state index is 12.4. The monoisotopic (exact) mass is 344 g/mol. The minimum atomic E-state index is -1.09. The predicted octanol–water partition coefficient (Wildman–Crippen LogP) is 3.61. The standard InChI is InChI=1S/C13H10Cl2N2O3S/c1-17(12(18)7-5-10(14)21-11(7)15)9-3-2-6(13(19)20)4-8(9)16/h2-5H,16H2,1H3,(H,19,20). The zero-order chi connectivity index (χ0) is 15.7. The predicted molar refractivity (Wildman–Crippen MR) is 84.9 cm³/mol. The summed E-state index contributed by atoms with van der Waals surface area (Å²) in [5.74, 6) is -1.46. The third kappa shape index (κ3) is 3.12. The number of carboxylic acids is 1. The molecule has 0 atom stereocenters. The molecule has 0 fully saturated rings. The normalized spacial score (nSPS) is 10.4. The topological polar surface area (TPSA) is 83.6 Å². The summed E-state index contributed by atoms with van der Waals surface area (Å²) in [4.78, 5) is 24.5. The number of nitrogens with two attached hydrogens (primary N) is 1. The van der Waals surface area contributed by atoms with Crippen LogP contribution in [0.1, 0.15) is 20.7 Å². The molecule has 0 aliphatic rings. The third-order valence-corrected chi connectivity index (χ3v) is 4.32. The highest BCUT2D eigenvalue weighted by atomic mass is 35.5. The van der Waals surface area contributed by atoms with E-state index in [1.165, 1.54) is 36.2 Å². The van der Waals surface area contributed by atoms with Crippen molar-refractivity contribution in [2.75, 3.05) is 17.7 Å². The SMILES string of the molecule is CN(C(=O)c1cc(Cl)sc1Cl)c1ccc(C(=O)O)cc1N. The van der Waals surface area contributed by atoms with Gasteiger partial charge in [0.2, 0.25) is 0 Å². The lowest BCUT2D eigenvalue weighted by Crippen LogP contribution is -2.27. The highest BCUT2D eigenvalue weighted by Gasteiger charge is 2.21. The number of nitrogens with zero attached hydrogens (tertiary/aromatic N) is 1. The first-order valence-electron chi connectivity index (χ1n) is 5.67. The molecule has 1 aromatic carbocycles. The van der Waals surface area contributed by atoms with Crippen molar-refractivity contribution in [3.05, 3.63) is 44.1 Å². The van der Waals surface area contributed by atoms with Gasteiger partial charge in [-0.05, 0) is 24.3 Å². The van der Waals surface area contributed by atoms with E-state index in [9.17, 15) is 9.59 Å². The van der Waals surface area contributed by atoms with Crippen LogP contribution in [0.4, 0.5) is 11.4 Å². The molecule has 2 rings (SSSR count). The highest BCUT2D eigenvalue weighted by molar-refractivity contribution is 7.20. The molecule has 0 spiro atoms. The summed E-state index contributed by atoms with van der Waals surface area (Å²) < 4.78 is 0.698. The van der Waals surface area contributed by atoms with Crippen molar-refractivity contribution in [3.8, 4) is 0 Å². The Hall–Kier alpha value is -1.76. The molecule has 5 nitrogen and oxygen atoms in total. The van der Waals surface area contributed by atoms with Gasteiger partial charge in [-0.3, -0.25) is 4.79 Å². The second-order valence-corrected chi connectivity index (χ2v) is 6.47. The number of anilines is 2. The van der Waals surface area contributed by atoms with Crippen LogP contribution in [0, 0.1) is 0 Å². The zero-order valence-corrected chi connectivity index (χ0v) is 13.1. The van der Waals surface area contributed by atoms with E-state index in [1.807, 2.05) is 0 Å². The van der Waals surface area contributed by atoms with E-state index < -0.39 is 5.97 Å². The molecule has 2 aromatic rings. The maximum absolute atomic E-state index is 12.4. The van der Waals surface area contributed by atoms with Gasteiger partial charge in [-0.2, -0.15) is 0 Å². The smallest absolute Gasteiger partial charge is 0.335 e. The van der Waals surface area contributed by atoms with Crippen LogP contribution in [0.3, 0.4) is 0 Å². The molecule has 1 aromatic heterocycles. The molecule has 0 aliphatic heterocycles. The summed E-state index contributed by atoms with van der Waals surface area (Å²) >= 11 is 12.9. The van der Waals surface area contributed by atoms with Gasteiger partial charge in [0.15, 0.2) is 0 Å². The Bertz CT molecular complexity index is 730. The Balaban J connectivity index is 2.36. The van der Waals surface area contributed by atoms with Gasteiger partial charge in [-0.1, -0.05) is 23.2 Å². The van der Waals surface area contributed by atoms with Gasteiger partial charge in [-0.15, -0.1) is 11.3 Å². The Kier molecular flexibility index (Phi) is 4.41. The molecule has 1 amide bonds. The van der Waals surface area contributed by atoms with E-state index in [-0.39, 0.29) is 27.1 Å². The number of carbonyl (C=O) groups is 2. The molecule has 110 valence electrons. The van der Waals surface area contributed by atoms with Crippen LogP contribution in [0.25, 0.3) is 0 Å². The molecular weight excluding hydrogens is 335 g/mol. The Labute approximate surface area is 134 Å². The number of hydrogen-bond acceptors (Lipinski definition) is 4. The van der Waals surface area contributed by atoms with Crippen molar-refractivity contribution in [3.63, 3.8) is 0 Å². The van der Waals surface area contributed by atoms with Crippen LogP contribution >= 0.6 is 34.5 Å². The molecule has 0 unspecified atom stereocenters. The highest BCUT2D eigenvalue weighted by Crippen LogP contribution is 2.33. The van der Waals surface area contributed by atoms with Gasteiger partial charge in [-0.25, -0.2) is 4.79 Å². The number of carboxylic acid groups (broad SMARTS) is 1. The van der Waals surface area contributed by atoms with E-state index in [0.29, 0.717) is 10.0 Å². The van der Waals surface area contributed by atoms with Crippen molar-refractivity contribution in [2.24, 2.45) is 0 Å². The fraction of sp³-hybridized carbons (Fsp3) is 0.0769. The number of aromatic carboxylic acids is 1. The molecule has 21 heavy (non-hydrogen) atoms. The van der Waals surface area contributed by atoms with Crippen molar-refractivity contribution in [1.29, 1.82) is 0 Å². The summed E-state index contributed by atoms with van der Waals surface area (Å²) in [6.07, 6.45) is 0. The van der Waals surface area contributed by atoms with E-state index in [0.717, 1.165) is 11.3 Å². The van der Waals surface area contributed by atoms with Gasteiger partial charge < -0.3 is 15.7 Å². The van der Waals surface area contributed by atoms with Crippen LogP contribution in [0.2, 0.25) is 8.67 Å². The largest absolute Gasteiger partial charge is 0.478 e. The Morgan fingerprint density at radius 1 is 1.29 bits per heavy atom. The van der Waals surface area contributed by atoms with Gasteiger partial charge in [0.25, 0.3) is 5.91 Å². The fourth-order valence-corrected chi connectivity index (χ4v) is 3.22. The molecule has 0 radical (unpaired) electrons. The van der Waals surface area contributed by atoms with Crippen molar-refractivity contribution in [1.82, 2.24) is 0 Å².